The Bertz CT molecular complexity index is 756. The fourth-order valence-corrected chi connectivity index (χ4v) is 6.16. The predicted molar refractivity (Wildman–Crippen MR) is 115 cm³/mol. The molecule has 6 nitrogen and oxygen atoms in total. The molecule has 1 aromatic carbocycles. The van der Waals surface area contributed by atoms with Crippen molar-refractivity contribution in [3.63, 3.8) is 0 Å². The van der Waals surface area contributed by atoms with Crippen molar-refractivity contribution in [3.05, 3.63) is 29.8 Å². The molecule has 1 N–H and O–H groups in total. The maximum Gasteiger partial charge on any atom is 0.234 e. The van der Waals surface area contributed by atoms with Crippen LogP contribution in [0.5, 0.6) is 5.75 Å². The smallest absolute Gasteiger partial charge is 0.234 e. The molecule has 1 amide bonds. The monoisotopic (exact) mass is 422 g/mol. The highest BCUT2D eigenvalue weighted by molar-refractivity contribution is 7.91. The summed E-state index contributed by atoms with van der Waals surface area (Å²) in [5.41, 5.74) is 1.05. The van der Waals surface area contributed by atoms with Gasteiger partial charge in [0.05, 0.1) is 25.2 Å². The van der Waals surface area contributed by atoms with Crippen LogP contribution in [0.15, 0.2) is 24.3 Å². The largest absolute Gasteiger partial charge is 0.497 e. The van der Waals surface area contributed by atoms with E-state index in [9.17, 15) is 13.2 Å². The first kappa shape index (κ1) is 22.1. The van der Waals surface area contributed by atoms with Crippen LogP contribution in [-0.4, -0.2) is 56.5 Å². The number of hydrogen-bond donors (Lipinski definition) is 1. The van der Waals surface area contributed by atoms with Crippen molar-refractivity contribution >= 4 is 15.7 Å². The van der Waals surface area contributed by atoms with Crippen LogP contribution in [0.25, 0.3) is 0 Å². The minimum Gasteiger partial charge on any atom is -0.497 e. The molecule has 1 aliphatic heterocycles. The van der Waals surface area contributed by atoms with Gasteiger partial charge >= 0.3 is 0 Å². The van der Waals surface area contributed by atoms with E-state index in [1.807, 2.05) is 29.2 Å². The van der Waals surface area contributed by atoms with Crippen molar-refractivity contribution in [2.75, 3.05) is 25.2 Å². The Hall–Kier alpha value is -1.60. The second kappa shape index (κ2) is 10.4. The first-order valence-corrected chi connectivity index (χ1v) is 12.6. The highest BCUT2D eigenvalue weighted by Crippen LogP contribution is 2.22. The van der Waals surface area contributed by atoms with E-state index in [0.717, 1.165) is 24.2 Å². The minimum atomic E-state index is -3.01. The molecular weight excluding hydrogens is 388 g/mol. The third-order valence-electron chi connectivity index (χ3n) is 6.09. The van der Waals surface area contributed by atoms with E-state index in [0.29, 0.717) is 13.0 Å². The SMILES string of the molecule is COc1ccc(CN(CC(=O)NC2CCCCCCC2)C2CCS(=O)(=O)C2)cc1. The molecule has 162 valence electrons. The molecule has 29 heavy (non-hydrogen) atoms. The maximum absolute atomic E-state index is 12.8. The van der Waals surface area contributed by atoms with E-state index < -0.39 is 9.84 Å². The number of carbonyl (C=O) groups is 1. The molecule has 2 aliphatic rings. The lowest BCUT2D eigenvalue weighted by Gasteiger charge is -2.29. The van der Waals surface area contributed by atoms with Gasteiger partial charge in [-0.05, 0) is 37.0 Å². The van der Waals surface area contributed by atoms with Crippen molar-refractivity contribution < 1.29 is 17.9 Å². The van der Waals surface area contributed by atoms with Gasteiger partial charge in [0.2, 0.25) is 5.91 Å². The van der Waals surface area contributed by atoms with Crippen molar-refractivity contribution in [2.24, 2.45) is 0 Å². The number of nitrogens with one attached hydrogen (secondary N) is 1. The zero-order valence-corrected chi connectivity index (χ0v) is 18.3. The van der Waals surface area contributed by atoms with Gasteiger partial charge in [0.1, 0.15) is 5.75 Å². The molecule has 3 rings (SSSR count). The van der Waals surface area contributed by atoms with Gasteiger partial charge in [-0.25, -0.2) is 8.42 Å². The fraction of sp³-hybridized carbons (Fsp3) is 0.682. The molecule has 0 spiro atoms. The summed E-state index contributed by atoms with van der Waals surface area (Å²) >= 11 is 0. The molecule has 0 bridgehead atoms. The number of carbonyl (C=O) groups excluding carboxylic acids is 1. The molecule has 1 unspecified atom stereocenters. The van der Waals surface area contributed by atoms with Crippen molar-refractivity contribution in [3.8, 4) is 5.75 Å². The van der Waals surface area contributed by atoms with Crippen LogP contribution in [-0.2, 0) is 21.2 Å². The van der Waals surface area contributed by atoms with Crippen LogP contribution in [0.3, 0.4) is 0 Å². The third-order valence-corrected chi connectivity index (χ3v) is 7.84. The minimum absolute atomic E-state index is 0.00776. The summed E-state index contributed by atoms with van der Waals surface area (Å²) < 4.78 is 29.2. The van der Waals surface area contributed by atoms with Crippen molar-refractivity contribution in [2.45, 2.75) is 70.0 Å². The standard InChI is InChI=1S/C22H34N2O4S/c1-28-21-11-9-18(10-12-21)15-24(20-13-14-29(26,27)17-20)16-22(25)23-19-7-5-3-2-4-6-8-19/h9-12,19-20H,2-8,13-17H2,1H3,(H,23,25). The number of amides is 1. The number of sulfone groups is 1. The first-order chi connectivity index (χ1) is 13.9. The topological polar surface area (TPSA) is 75.7 Å². The van der Waals surface area contributed by atoms with E-state index in [4.69, 9.17) is 4.74 Å². The fourth-order valence-electron chi connectivity index (χ4n) is 4.40. The lowest BCUT2D eigenvalue weighted by atomic mass is 9.97. The number of ether oxygens (including phenoxy) is 1. The highest BCUT2D eigenvalue weighted by atomic mass is 32.2. The zero-order valence-electron chi connectivity index (χ0n) is 17.4. The zero-order chi connectivity index (χ0) is 20.7. The number of nitrogens with zero attached hydrogens (tertiary/aromatic N) is 1. The lowest BCUT2D eigenvalue weighted by molar-refractivity contribution is -0.123. The van der Waals surface area contributed by atoms with Gasteiger partial charge in [0.25, 0.3) is 0 Å². The highest BCUT2D eigenvalue weighted by Gasteiger charge is 2.33. The molecule has 1 aliphatic carbocycles. The number of benzene rings is 1. The Morgan fingerprint density at radius 1 is 1.07 bits per heavy atom. The average molecular weight is 423 g/mol. The van der Waals surface area contributed by atoms with Crippen LogP contribution in [0.1, 0.15) is 56.9 Å². The molecule has 1 heterocycles. The Balaban J connectivity index is 1.64. The van der Waals surface area contributed by atoms with Crippen LogP contribution in [0.4, 0.5) is 0 Å². The molecule has 2 fully saturated rings. The van der Waals surface area contributed by atoms with Crippen LogP contribution < -0.4 is 10.1 Å². The Labute approximate surface area is 174 Å². The van der Waals surface area contributed by atoms with Gasteiger partial charge in [0.15, 0.2) is 9.84 Å². The summed E-state index contributed by atoms with van der Waals surface area (Å²) in [4.78, 5) is 14.8. The van der Waals surface area contributed by atoms with Gasteiger partial charge in [-0.15, -0.1) is 0 Å². The Kier molecular flexibility index (Phi) is 7.95. The first-order valence-electron chi connectivity index (χ1n) is 10.8. The second-order valence-electron chi connectivity index (χ2n) is 8.42. The molecule has 1 saturated heterocycles. The number of methoxy groups -OCH3 is 1. The number of rotatable bonds is 7. The van der Waals surface area contributed by atoms with E-state index >= 15 is 0 Å². The Morgan fingerprint density at radius 2 is 1.72 bits per heavy atom. The van der Waals surface area contributed by atoms with Crippen molar-refractivity contribution in [1.82, 2.24) is 10.2 Å². The quantitative estimate of drug-likeness (QED) is 0.731. The van der Waals surface area contributed by atoms with E-state index in [-0.39, 0.29) is 36.0 Å². The van der Waals surface area contributed by atoms with Crippen LogP contribution in [0, 0.1) is 0 Å². The van der Waals surface area contributed by atoms with Gasteiger partial charge in [0, 0.05) is 18.6 Å². The molecular formula is C22H34N2O4S. The van der Waals surface area contributed by atoms with Gasteiger partial charge in [-0.2, -0.15) is 0 Å². The molecule has 7 heteroatoms. The molecule has 0 radical (unpaired) electrons. The summed E-state index contributed by atoms with van der Waals surface area (Å²) in [7, 11) is -1.38. The summed E-state index contributed by atoms with van der Waals surface area (Å²) in [5.74, 6) is 1.14. The molecule has 1 atom stereocenters. The summed E-state index contributed by atoms with van der Waals surface area (Å²) in [6.45, 7) is 0.797. The summed E-state index contributed by atoms with van der Waals surface area (Å²) in [6.07, 6.45) is 8.81. The number of hydrogen-bond acceptors (Lipinski definition) is 5. The normalized spacial score (nSPS) is 22.8. The molecule has 1 aromatic rings. The lowest BCUT2D eigenvalue weighted by Crippen LogP contribution is -2.46. The Morgan fingerprint density at radius 3 is 2.31 bits per heavy atom. The second-order valence-corrected chi connectivity index (χ2v) is 10.6. The maximum atomic E-state index is 12.8. The summed E-state index contributed by atoms with van der Waals surface area (Å²) in [5, 5.41) is 3.22. The molecule has 1 saturated carbocycles. The van der Waals surface area contributed by atoms with E-state index in [1.54, 1.807) is 7.11 Å². The molecule has 0 aromatic heterocycles. The predicted octanol–water partition coefficient (Wildman–Crippen LogP) is 2.91. The van der Waals surface area contributed by atoms with Crippen molar-refractivity contribution in [1.29, 1.82) is 0 Å². The van der Waals surface area contributed by atoms with Crippen LogP contribution >= 0.6 is 0 Å². The van der Waals surface area contributed by atoms with E-state index in [2.05, 4.69) is 5.32 Å². The van der Waals surface area contributed by atoms with Gasteiger partial charge in [-0.1, -0.05) is 44.2 Å². The van der Waals surface area contributed by atoms with Gasteiger partial charge in [-0.3, -0.25) is 9.69 Å². The van der Waals surface area contributed by atoms with Crippen LogP contribution in [0.2, 0.25) is 0 Å². The third kappa shape index (κ3) is 7.00. The average Bonchev–Trinajstić information content (AvgIpc) is 3.04. The summed E-state index contributed by atoms with van der Waals surface area (Å²) in [6, 6.07) is 7.88. The van der Waals surface area contributed by atoms with E-state index in [1.165, 1.54) is 32.1 Å². The van der Waals surface area contributed by atoms with Gasteiger partial charge < -0.3 is 10.1 Å².